The molecule has 0 saturated carbocycles. The Hall–Kier alpha value is -4.02. The van der Waals surface area contributed by atoms with E-state index in [0.717, 1.165) is 11.1 Å². The normalized spacial score (nSPS) is 11.7. The number of nitro benzene ring substituents is 1. The molecular formula is C26H25N5O4S. The van der Waals surface area contributed by atoms with Crippen molar-refractivity contribution in [3.8, 4) is 5.69 Å². The van der Waals surface area contributed by atoms with Crippen LogP contribution in [0.5, 0.6) is 0 Å². The van der Waals surface area contributed by atoms with Crippen LogP contribution in [0.3, 0.4) is 0 Å². The number of nitrogens with one attached hydrogen (secondary N) is 1. The van der Waals surface area contributed by atoms with E-state index < -0.39 is 11.0 Å². The highest BCUT2D eigenvalue weighted by Crippen LogP contribution is 2.28. The fourth-order valence-electron chi connectivity index (χ4n) is 3.53. The lowest BCUT2D eigenvalue weighted by atomic mass is 10.2. The lowest BCUT2D eigenvalue weighted by molar-refractivity contribution is -0.384. The number of benzene rings is 3. The first kappa shape index (κ1) is 25.1. The summed E-state index contributed by atoms with van der Waals surface area (Å²) < 4.78 is 7.35. The maximum absolute atomic E-state index is 12.5. The number of amides is 1. The lowest BCUT2D eigenvalue weighted by Crippen LogP contribution is -2.31. The molecule has 0 spiro atoms. The van der Waals surface area contributed by atoms with Crippen molar-refractivity contribution < 1.29 is 14.5 Å². The lowest BCUT2D eigenvalue weighted by Gasteiger charge is -2.16. The molecule has 36 heavy (non-hydrogen) atoms. The SMILES string of the molecule is C[C@@H](NC(=O)COCc1ccccc1)c1nnc(SCc2ccccc2)n1-c1ccc([N+](=O)[O-])cc1. The number of carbonyl (C=O) groups excluding carboxylic acids is 1. The summed E-state index contributed by atoms with van der Waals surface area (Å²) in [6.07, 6.45) is 0. The van der Waals surface area contributed by atoms with Crippen LogP contribution in [0.25, 0.3) is 5.69 Å². The number of nitrogens with zero attached hydrogens (tertiary/aromatic N) is 4. The molecule has 1 atom stereocenters. The van der Waals surface area contributed by atoms with Gasteiger partial charge in [0.2, 0.25) is 5.91 Å². The first-order valence-electron chi connectivity index (χ1n) is 11.3. The van der Waals surface area contributed by atoms with Crippen molar-refractivity contribution in [2.75, 3.05) is 6.61 Å². The number of nitro groups is 1. The minimum Gasteiger partial charge on any atom is -0.367 e. The van der Waals surface area contributed by atoms with Gasteiger partial charge in [0.25, 0.3) is 5.69 Å². The predicted octanol–water partition coefficient (Wildman–Crippen LogP) is 4.86. The van der Waals surface area contributed by atoms with Crippen molar-refractivity contribution in [3.63, 3.8) is 0 Å². The van der Waals surface area contributed by atoms with Gasteiger partial charge in [-0.25, -0.2) is 0 Å². The molecule has 1 heterocycles. The monoisotopic (exact) mass is 503 g/mol. The zero-order valence-electron chi connectivity index (χ0n) is 19.6. The highest BCUT2D eigenvalue weighted by molar-refractivity contribution is 7.98. The van der Waals surface area contributed by atoms with Gasteiger partial charge in [0.1, 0.15) is 6.61 Å². The number of rotatable bonds is 11. The van der Waals surface area contributed by atoms with Crippen LogP contribution in [0.1, 0.15) is 29.9 Å². The minimum absolute atomic E-state index is 0.0104. The van der Waals surface area contributed by atoms with Crippen molar-refractivity contribution in [1.29, 1.82) is 0 Å². The topological polar surface area (TPSA) is 112 Å². The molecule has 0 aliphatic heterocycles. The van der Waals surface area contributed by atoms with Crippen LogP contribution in [0.4, 0.5) is 5.69 Å². The Kier molecular flexibility index (Phi) is 8.43. The Morgan fingerprint density at radius 1 is 1.00 bits per heavy atom. The number of carbonyl (C=O) groups is 1. The van der Waals surface area contributed by atoms with E-state index >= 15 is 0 Å². The van der Waals surface area contributed by atoms with Gasteiger partial charge in [-0.15, -0.1) is 10.2 Å². The van der Waals surface area contributed by atoms with Crippen molar-refractivity contribution in [2.45, 2.75) is 30.5 Å². The Bertz CT molecular complexity index is 1300. The Morgan fingerprint density at radius 3 is 2.28 bits per heavy atom. The summed E-state index contributed by atoms with van der Waals surface area (Å²) in [5, 5.41) is 23.3. The van der Waals surface area contributed by atoms with Gasteiger partial charge in [0, 0.05) is 23.6 Å². The molecule has 1 amide bonds. The van der Waals surface area contributed by atoms with Crippen molar-refractivity contribution in [3.05, 3.63) is 112 Å². The van der Waals surface area contributed by atoms with E-state index in [2.05, 4.69) is 15.5 Å². The molecule has 0 fully saturated rings. The molecule has 0 bridgehead atoms. The fraction of sp³-hybridized carbons (Fsp3) is 0.192. The van der Waals surface area contributed by atoms with Gasteiger partial charge in [-0.1, -0.05) is 72.4 Å². The van der Waals surface area contributed by atoms with E-state index in [1.54, 1.807) is 12.1 Å². The van der Waals surface area contributed by atoms with Crippen LogP contribution in [0.2, 0.25) is 0 Å². The molecule has 0 aliphatic rings. The summed E-state index contributed by atoms with van der Waals surface area (Å²) in [4.78, 5) is 23.2. The second-order valence-electron chi connectivity index (χ2n) is 7.99. The van der Waals surface area contributed by atoms with Gasteiger partial charge in [0.15, 0.2) is 11.0 Å². The zero-order chi connectivity index (χ0) is 25.3. The molecular weight excluding hydrogens is 478 g/mol. The van der Waals surface area contributed by atoms with Crippen molar-refractivity contribution in [2.24, 2.45) is 0 Å². The summed E-state index contributed by atoms with van der Waals surface area (Å²) in [5.74, 6) is 0.894. The molecule has 4 aromatic rings. The summed E-state index contributed by atoms with van der Waals surface area (Å²) in [6, 6.07) is 25.3. The average molecular weight is 504 g/mol. The van der Waals surface area contributed by atoms with Crippen LogP contribution < -0.4 is 5.32 Å². The van der Waals surface area contributed by atoms with E-state index in [9.17, 15) is 14.9 Å². The molecule has 0 saturated heterocycles. The smallest absolute Gasteiger partial charge is 0.269 e. The van der Waals surface area contributed by atoms with E-state index in [1.165, 1.54) is 23.9 Å². The minimum atomic E-state index is -0.480. The molecule has 1 aromatic heterocycles. The van der Waals surface area contributed by atoms with Gasteiger partial charge in [0.05, 0.1) is 17.6 Å². The summed E-state index contributed by atoms with van der Waals surface area (Å²) in [6.45, 7) is 2.05. The third kappa shape index (κ3) is 6.55. The van der Waals surface area contributed by atoms with Crippen LogP contribution in [0, 0.1) is 10.1 Å². The molecule has 1 N–H and O–H groups in total. The van der Waals surface area contributed by atoms with Crippen molar-refractivity contribution in [1.82, 2.24) is 20.1 Å². The molecule has 184 valence electrons. The molecule has 10 heteroatoms. The molecule has 0 radical (unpaired) electrons. The standard InChI is InChI=1S/C26H25N5O4S/c1-19(27-24(32)17-35-16-20-8-4-2-5-9-20)25-28-29-26(36-18-21-10-6-3-7-11-21)30(25)22-12-14-23(15-13-22)31(33)34/h2-15,19H,16-18H2,1H3,(H,27,32)/t19-/m1/s1. The summed E-state index contributed by atoms with van der Waals surface area (Å²) in [5.41, 5.74) is 2.76. The Labute approximate surface area is 212 Å². The second-order valence-corrected chi connectivity index (χ2v) is 8.93. The quantitative estimate of drug-likeness (QED) is 0.177. The van der Waals surface area contributed by atoms with Gasteiger partial charge in [-0.3, -0.25) is 19.5 Å². The van der Waals surface area contributed by atoms with Crippen LogP contribution in [0.15, 0.2) is 90.1 Å². The van der Waals surface area contributed by atoms with Crippen LogP contribution in [-0.2, 0) is 21.9 Å². The first-order chi connectivity index (χ1) is 17.5. The van der Waals surface area contributed by atoms with Crippen LogP contribution >= 0.6 is 11.8 Å². The molecule has 9 nitrogen and oxygen atoms in total. The van der Waals surface area contributed by atoms with E-state index in [4.69, 9.17) is 4.74 Å². The molecule has 0 unspecified atom stereocenters. The number of ether oxygens (including phenoxy) is 1. The number of aromatic nitrogens is 3. The number of thioether (sulfide) groups is 1. The van der Waals surface area contributed by atoms with E-state index in [-0.39, 0.29) is 18.2 Å². The fourth-order valence-corrected chi connectivity index (χ4v) is 4.44. The number of hydrogen-bond donors (Lipinski definition) is 1. The molecule has 0 aliphatic carbocycles. The second kappa shape index (κ2) is 12.1. The average Bonchev–Trinajstić information content (AvgIpc) is 3.33. The Balaban J connectivity index is 1.49. The van der Waals surface area contributed by atoms with Gasteiger partial charge >= 0.3 is 0 Å². The maximum atomic E-state index is 12.5. The van der Waals surface area contributed by atoms with Crippen LogP contribution in [-0.4, -0.2) is 32.2 Å². The zero-order valence-corrected chi connectivity index (χ0v) is 20.4. The van der Waals surface area contributed by atoms with E-state index in [0.29, 0.717) is 29.0 Å². The third-order valence-electron chi connectivity index (χ3n) is 5.30. The predicted molar refractivity (Wildman–Crippen MR) is 137 cm³/mol. The number of hydrogen-bond acceptors (Lipinski definition) is 7. The maximum Gasteiger partial charge on any atom is 0.269 e. The largest absolute Gasteiger partial charge is 0.367 e. The highest BCUT2D eigenvalue weighted by atomic mass is 32.2. The summed E-state index contributed by atoms with van der Waals surface area (Å²) in [7, 11) is 0. The van der Waals surface area contributed by atoms with Gasteiger partial charge in [-0.05, 0) is 30.2 Å². The molecule has 4 rings (SSSR count). The first-order valence-corrected chi connectivity index (χ1v) is 12.3. The summed E-state index contributed by atoms with van der Waals surface area (Å²) >= 11 is 1.49. The van der Waals surface area contributed by atoms with Crippen molar-refractivity contribution >= 4 is 23.4 Å². The third-order valence-corrected chi connectivity index (χ3v) is 6.30. The number of non-ortho nitro benzene ring substituents is 1. The highest BCUT2D eigenvalue weighted by Gasteiger charge is 2.22. The Morgan fingerprint density at radius 2 is 1.64 bits per heavy atom. The van der Waals surface area contributed by atoms with Gasteiger partial charge in [-0.2, -0.15) is 0 Å². The van der Waals surface area contributed by atoms with E-state index in [1.807, 2.05) is 72.2 Å². The van der Waals surface area contributed by atoms with Gasteiger partial charge < -0.3 is 10.1 Å². The molecule has 3 aromatic carbocycles.